The summed E-state index contributed by atoms with van der Waals surface area (Å²) in [5.74, 6) is -0.355. The Hall–Kier alpha value is -0.120. The van der Waals surface area contributed by atoms with Gasteiger partial charge >= 0.3 is 0 Å². The van der Waals surface area contributed by atoms with E-state index in [-0.39, 0.29) is 12.5 Å². The van der Waals surface area contributed by atoms with Gasteiger partial charge in [0.1, 0.15) is 0 Å². The van der Waals surface area contributed by atoms with E-state index in [1.807, 2.05) is 0 Å². The highest BCUT2D eigenvalue weighted by Crippen LogP contribution is 2.38. The van der Waals surface area contributed by atoms with Gasteiger partial charge in [-0.1, -0.05) is 0 Å². The third kappa shape index (κ3) is 1.41. The smallest absolute Gasteiger partial charge is 0.172 e. The molecule has 1 unspecified atom stereocenters. The lowest BCUT2D eigenvalue weighted by Gasteiger charge is -2.31. The first-order valence-electron chi connectivity index (χ1n) is 4.00. The lowest BCUT2D eigenvalue weighted by molar-refractivity contribution is -0.232. The summed E-state index contributed by atoms with van der Waals surface area (Å²) in [5.41, 5.74) is 0. The average Bonchev–Trinajstić information content (AvgIpc) is 2.47. The molecule has 1 saturated carbocycles. The van der Waals surface area contributed by atoms with Gasteiger partial charge in [0, 0.05) is 26.6 Å². The van der Waals surface area contributed by atoms with Gasteiger partial charge in [-0.3, -0.25) is 0 Å². The van der Waals surface area contributed by atoms with E-state index in [9.17, 15) is 0 Å². The summed E-state index contributed by atoms with van der Waals surface area (Å²) in [6.07, 6.45) is 2.97. The molecule has 1 N–H and O–H groups in total. The molecular formula is C8H16O3. The lowest BCUT2D eigenvalue weighted by Crippen LogP contribution is -2.39. The second kappa shape index (κ2) is 3.52. The van der Waals surface area contributed by atoms with Crippen molar-refractivity contribution in [2.45, 2.75) is 25.0 Å². The molecule has 0 amide bonds. The van der Waals surface area contributed by atoms with Crippen LogP contribution in [0, 0.1) is 5.92 Å². The predicted octanol–water partition coefficient (Wildman–Crippen LogP) is 0.768. The largest absolute Gasteiger partial charge is 0.396 e. The van der Waals surface area contributed by atoms with Crippen molar-refractivity contribution in [1.29, 1.82) is 0 Å². The van der Waals surface area contributed by atoms with E-state index in [1.165, 1.54) is 0 Å². The Morgan fingerprint density at radius 1 is 1.45 bits per heavy atom. The molecule has 0 spiro atoms. The summed E-state index contributed by atoms with van der Waals surface area (Å²) >= 11 is 0. The number of aliphatic hydroxyl groups excluding tert-OH is 1. The monoisotopic (exact) mass is 160 g/mol. The maximum Gasteiger partial charge on any atom is 0.172 e. The predicted molar refractivity (Wildman–Crippen MR) is 41.2 cm³/mol. The zero-order chi connectivity index (χ0) is 8.32. The van der Waals surface area contributed by atoms with Gasteiger partial charge in [-0.05, 0) is 12.8 Å². The highest BCUT2D eigenvalue weighted by atomic mass is 16.7. The van der Waals surface area contributed by atoms with Gasteiger partial charge in [0.15, 0.2) is 5.79 Å². The van der Waals surface area contributed by atoms with Crippen molar-refractivity contribution in [2.24, 2.45) is 5.92 Å². The van der Waals surface area contributed by atoms with Gasteiger partial charge in [0.25, 0.3) is 0 Å². The fourth-order valence-corrected chi connectivity index (χ4v) is 1.87. The fourth-order valence-electron chi connectivity index (χ4n) is 1.87. The number of aliphatic hydroxyl groups is 1. The highest BCUT2D eigenvalue weighted by molar-refractivity contribution is 4.85. The van der Waals surface area contributed by atoms with Crippen LogP contribution in [0.15, 0.2) is 0 Å². The SMILES string of the molecule is COC1(OC)CCCC1CO. The minimum atomic E-state index is -0.505. The Morgan fingerprint density at radius 3 is 2.45 bits per heavy atom. The highest BCUT2D eigenvalue weighted by Gasteiger charge is 2.42. The molecule has 0 bridgehead atoms. The van der Waals surface area contributed by atoms with Crippen LogP contribution in [0.25, 0.3) is 0 Å². The molecule has 0 aromatic carbocycles. The van der Waals surface area contributed by atoms with E-state index in [0.717, 1.165) is 19.3 Å². The van der Waals surface area contributed by atoms with E-state index in [2.05, 4.69) is 0 Å². The van der Waals surface area contributed by atoms with Crippen LogP contribution in [0.2, 0.25) is 0 Å². The van der Waals surface area contributed by atoms with E-state index in [0.29, 0.717) is 0 Å². The Labute approximate surface area is 67.3 Å². The minimum Gasteiger partial charge on any atom is -0.396 e. The first kappa shape index (κ1) is 8.97. The van der Waals surface area contributed by atoms with Crippen LogP contribution in [0.5, 0.6) is 0 Å². The van der Waals surface area contributed by atoms with Crippen LogP contribution in [-0.2, 0) is 9.47 Å². The first-order valence-corrected chi connectivity index (χ1v) is 4.00. The topological polar surface area (TPSA) is 38.7 Å². The Kier molecular flexibility index (Phi) is 2.87. The van der Waals surface area contributed by atoms with Crippen LogP contribution >= 0.6 is 0 Å². The zero-order valence-electron chi connectivity index (χ0n) is 7.17. The quantitative estimate of drug-likeness (QED) is 0.620. The van der Waals surface area contributed by atoms with Crippen LogP contribution < -0.4 is 0 Å². The fraction of sp³-hybridized carbons (Fsp3) is 1.00. The molecule has 0 aromatic heterocycles. The standard InChI is InChI=1S/C8H16O3/c1-10-8(11-2)5-3-4-7(8)6-9/h7,9H,3-6H2,1-2H3. The summed E-state index contributed by atoms with van der Waals surface area (Å²) in [5, 5.41) is 9.00. The van der Waals surface area contributed by atoms with E-state index < -0.39 is 5.79 Å². The molecule has 0 aromatic rings. The third-order valence-corrected chi connectivity index (χ3v) is 2.61. The number of hydrogen-bond donors (Lipinski definition) is 1. The second-order valence-electron chi connectivity index (χ2n) is 2.99. The van der Waals surface area contributed by atoms with Gasteiger partial charge in [0.2, 0.25) is 0 Å². The number of hydrogen-bond acceptors (Lipinski definition) is 3. The van der Waals surface area contributed by atoms with Gasteiger partial charge in [-0.2, -0.15) is 0 Å². The molecule has 1 aliphatic carbocycles. The van der Waals surface area contributed by atoms with Crippen molar-refractivity contribution >= 4 is 0 Å². The number of ether oxygens (including phenoxy) is 2. The van der Waals surface area contributed by atoms with E-state index in [1.54, 1.807) is 14.2 Å². The van der Waals surface area contributed by atoms with Gasteiger partial charge < -0.3 is 14.6 Å². The Balaban J connectivity index is 2.63. The van der Waals surface area contributed by atoms with Crippen molar-refractivity contribution in [3.8, 4) is 0 Å². The molecule has 3 heteroatoms. The second-order valence-corrected chi connectivity index (χ2v) is 2.99. The van der Waals surface area contributed by atoms with Crippen LogP contribution in [0.4, 0.5) is 0 Å². The number of rotatable bonds is 3. The van der Waals surface area contributed by atoms with Gasteiger partial charge in [0.05, 0.1) is 6.61 Å². The summed E-state index contributed by atoms with van der Waals surface area (Å²) in [7, 11) is 3.27. The molecule has 0 heterocycles. The Morgan fingerprint density at radius 2 is 2.09 bits per heavy atom. The molecule has 3 nitrogen and oxygen atoms in total. The number of methoxy groups -OCH3 is 2. The minimum absolute atomic E-state index is 0.150. The molecule has 1 atom stereocenters. The maximum atomic E-state index is 9.00. The summed E-state index contributed by atoms with van der Waals surface area (Å²) in [6.45, 7) is 0.154. The van der Waals surface area contributed by atoms with Crippen LogP contribution in [-0.4, -0.2) is 31.7 Å². The van der Waals surface area contributed by atoms with Crippen LogP contribution in [0.3, 0.4) is 0 Å². The molecule has 0 saturated heterocycles. The summed E-state index contributed by atoms with van der Waals surface area (Å²) in [6, 6.07) is 0. The molecule has 66 valence electrons. The molecule has 1 rings (SSSR count). The van der Waals surface area contributed by atoms with Crippen LogP contribution in [0.1, 0.15) is 19.3 Å². The van der Waals surface area contributed by atoms with Crippen molar-refractivity contribution < 1.29 is 14.6 Å². The Bertz CT molecular complexity index is 121. The molecule has 11 heavy (non-hydrogen) atoms. The molecule has 0 aliphatic heterocycles. The molecular weight excluding hydrogens is 144 g/mol. The van der Waals surface area contributed by atoms with Gasteiger partial charge in [-0.25, -0.2) is 0 Å². The lowest BCUT2D eigenvalue weighted by atomic mass is 10.0. The van der Waals surface area contributed by atoms with Crippen molar-refractivity contribution in [3.63, 3.8) is 0 Å². The van der Waals surface area contributed by atoms with Crippen molar-refractivity contribution in [2.75, 3.05) is 20.8 Å². The normalized spacial score (nSPS) is 29.2. The van der Waals surface area contributed by atoms with E-state index >= 15 is 0 Å². The zero-order valence-corrected chi connectivity index (χ0v) is 7.17. The summed E-state index contributed by atoms with van der Waals surface area (Å²) in [4.78, 5) is 0. The molecule has 1 aliphatic rings. The average molecular weight is 160 g/mol. The molecule has 0 radical (unpaired) electrons. The van der Waals surface area contributed by atoms with Gasteiger partial charge in [-0.15, -0.1) is 0 Å². The molecule has 1 fully saturated rings. The maximum absolute atomic E-state index is 9.00. The van der Waals surface area contributed by atoms with Crippen molar-refractivity contribution in [1.82, 2.24) is 0 Å². The van der Waals surface area contributed by atoms with Crippen molar-refractivity contribution in [3.05, 3.63) is 0 Å². The third-order valence-electron chi connectivity index (χ3n) is 2.61. The first-order chi connectivity index (χ1) is 5.29. The van der Waals surface area contributed by atoms with E-state index in [4.69, 9.17) is 14.6 Å². The summed E-state index contributed by atoms with van der Waals surface area (Å²) < 4.78 is 10.5.